The topological polar surface area (TPSA) is 40.2 Å². The van der Waals surface area contributed by atoms with Crippen LogP contribution in [0.3, 0.4) is 0 Å². The van der Waals surface area contributed by atoms with Crippen LogP contribution in [-0.2, 0) is 0 Å². The molecule has 0 aliphatic heterocycles. The molecule has 0 atom stereocenters. The third kappa shape index (κ3) is 1.89. The molecule has 3 N–H and O–H groups in total. The minimum atomic E-state index is 0.797. The molecule has 3 heteroatoms. The average molecular weight is 241 g/mol. The lowest BCUT2D eigenvalue weighted by Crippen LogP contribution is -2.00. The van der Waals surface area contributed by atoms with E-state index >= 15 is 0 Å². The summed E-state index contributed by atoms with van der Waals surface area (Å²) in [4.78, 5) is 3.44. The fraction of sp³-hybridized carbons (Fsp3) is 0.0714. The van der Waals surface area contributed by atoms with E-state index in [9.17, 15) is 0 Å². The molecule has 3 rings (SSSR count). The number of fused-ring (bicyclic) bond motifs is 1. The fourth-order valence-electron chi connectivity index (χ4n) is 1.84. The molecule has 0 radical (unpaired) electrons. The van der Waals surface area contributed by atoms with Crippen molar-refractivity contribution in [2.45, 2.75) is 6.92 Å². The second-order valence-electron chi connectivity index (χ2n) is 4.18. The number of benzene rings is 2. The van der Waals surface area contributed by atoms with E-state index < -0.39 is 0 Å². The van der Waals surface area contributed by atoms with Crippen LogP contribution in [-0.4, -0.2) is 0 Å². The molecular formula is C14H13N2S+. The number of H-pyrrole nitrogens is 1. The van der Waals surface area contributed by atoms with Crippen LogP contribution in [0.15, 0.2) is 42.5 Å². The van der Waals surface area contributed by atoms with E-state index in [1.165, 1.54) is 26.4 Å². The van der Waals surface area contributed by atoms with Gasteiger partial charge < -0.3 is 5.73 Å². The summed E-state index contributed by atoms with van der Waals surface area (Å²) in [6.07, 6.45) is 0. The molecule has 2 aromatic carbocycles. The van der Waals surface area contributed by atoms with Crippen LogP contribution in [0.5, 0.6) is 0 Å². The minimum Gasteiger partial charge on any atom is -0.399 e. The SMILES string of the molecule is Cc1ccc2[nH+]c(-c3ccc(N)cc3)sc2c1. The second-order valence-corrected chi connectivity index (χ2v) is 5.23. The zero-order valence-electron chi connectivity index (χ0n) is 9.53. The normalized spacial score (nSPS) is 10.9. The maximum absolute atomic E-state index is 5.69. The molecule has 0 bridgehead atoms. The van der Waals surface area contributed by atoms with E-state index in [4.69, 9.17) is 5.73 Å². The number of hydrogen-bond donors (Lipinski definition) is 1. The second kappa shape index (κ2) is 3.86. The van der Waals surface area contributed by atoms with Crippen molar-refractivity contribution >= 4 is 27.2 Å². The predicted octanol–water partition coefficient (Wildman–Crippen LogP) is 3.27. The van der Waals surface area contributed by atoms with Crippen molar-refractivity contribution in [1.82, 2.24) is 0 Å². The highest BCUT2D eigenvalue weighted by molar-refractivity contribution is 7.21. The zero-order valence-corrected chi connectivity index (χ0v) is 10.3. The van der Waals surface area contributed by atoms with Gasteiger partial charge in [-0.05, 0) is 42.8 Å². The minimum absolute atomic E-state index is 0.797. The van der Waals surface area contributed by atoms with Gasteiger partial charge in [-0.2, -0.15) is 4.98 Å². The lowest BCUT2D eigenvalue weighted by Gasteiger charge is -1.92. The zero-order chi connectivity index (χ0) is 11.8. The molecule has 0 saturated carbocycles. The third-order valence-electron chi connectivity index (χ3n) is 2.77. The summed E-state index contributed by atoms with van der Waals surface area (Å²) in [6.45, 7) is 2.11. The number of nitrogens with two attached hydrogens (primary N) is 1. The van der Waals surface area contributed by atoms with Gasteiger partial charge in [0, 0.05) is 11.8 Å². The van der Waals surface area contributed by atoms with Crippen molar-refractivity contribution in [3.8, 4) is 10.6 Å². The van der Waals surface area contributed by atoms with Crippen LogP contribution in [0.2, 0.25) is 0 Å². The lowest BCUT2D eigenvalue weighted by atomic mass is 10.2. The Morgan fingerprint density at radius 1 is 1.06 bits per heavy atom. The Balaban J connectivity index is 2.14. The molecular weight excluding hydrogens is 228 g/mol. The van der Waals surface area contributed by atoms with Crippen LogP contribution in [0.25, 0.3) is 20.8 Å². The molecule has 2 nitrogen and oxygen atoms in total. The number of aryl methyl sites for hydroxylation is 1. The molecule has 1 aromatic heterocycles. The van der Waals surface area contributed by atoms with Gasteiger partial charge in [0.2, 0.25) is 5.52 Å². The third-order valence-corrected chi connectivity index (χ3v) is 3.87. The summed E-state index contributed by atoms with van der Waals surface area (Å²) in [5.41, 5.74) is 10.1. The van der Waals surface area contributed by atoms with Crippen LogP contribution in [0.4, 0.5) is 5.69 Å². The largest absolute Gasteiger partial charge is 0.399 e. The summed E-state index contributed by atoms with van der Waals surface area (Å²) in [5, 5.41) is 1.17. The lowest BCUT2D eigenvalue weighted by molar-refractivity contribution is -0.325. The Morgan fingerprint density at radius 2 is 1.82 bits per heavy atom. The van der Waals surface area contributed by atoms with Gasteiger partial charge in [0.15, 0.2) is 0 Å². The maximum Gasteiger partial charge on any atom is 0.268 e. The van der Waals surface area contributed by atoms with E-state index in [0.29, 0.717) is 0 Å². The Kier molecular flexibility index (Phi) is 2.34. The molecule has 17 heavy (non-hydrogen) atoms. The predicted molar refractivity (Wildman–Crippen MR) is 73.0 cm³/mol. The first-order valence-corrected chi connectivity index (χ1v) is 6.32. The summed E-state index contributed by atoms with van der Waals surface area (Å²) in [7, 11) is 0. The molecule has 0 aliphatic rings. The van der Waals surface area contributed by atoms with Crippen molar-refractivity contribution in [1.29, 1.82) is 0 Å². The Labute approximate surface area is 104 Å². The van der Waals surface area contributed by atoms with Crippen LogP contribution in [0, 0.1) is 6.92 Å². The van der Waals surface area contributed by atoms with Crippen LogP contribution >= 0.6 is 11.3 Å². The summed E-state index contributed by atoms with van der Waals surface area (Å²) >= 11 is 1.77. The summed E-state index contributed by atoms with van der Waals surface area (Å²) in [5.74, 6) is 0. The molecule has 0 fully saturated rings. The highest BCUT2D eigenvalue weighted by Crippen LogP contribution is 2.27. The number of thiazole rings is 1. The standard InChI is InChI=1S/C14H12N2S/c1-9-2-7-12-13(8-9)17-14(16-12)10-3-5-11(15)6-4-10/h2-8H,15H2,1H3/p+1. The molecule has 3 aromatic rings. The van der Waals surface area contributed by atoms with Crippen molar-refractivity contribution < 1.29 is 4.98 Å². The fourth-order valence-corrected chi connectivity index (χ4v) is 2.95. The van der Waals surface area contributed by atoms with Crippen molar-refractivity contribution in [3.05, 3.63) is 48.0 Å². The van der Waals surface area contributed by atoms with E-state index in [1.54, 1.807) is 11.3 Å². The first-order chi connectivity index (χ1) is 8.22. The monoisotopic (exact) mass is 241 g/mol. The number of aromatic nitrogens is 1. The number of aromatic amines is 1. The highest BCUT2D eigenvalue weighted by atomic mass is 32.1. The first kappa shape index (κ1) is 10.3. The number of nitrogen functional groups attached to an aromatic ring is 1. The Morgan fingerprint density at radius 3 is 2.59 bits per heavy atom. The van der Waals surface area contributed by atoms with E-state index in [2.05, 4.69) is 30.1 Å². The van der Waals surface area contributed by atoms with E-state index in [1.807, 2.05) is 24.3 Å². The van der Waals surface area contributed by atoms with Gasteiger partial charge in [-0.1, -0.05) is 17.4 Å². The van der Waals surface area contributed by atoms with Crippen LogP contribution < -0.4 is 10.7 Å². The van der Waals surface area contributed by atoms with Gasteiger partial charge in [0.05, 0.1) is 5.56 Å². The molecule has 0 unspecified atom stereocenters. The number of nitrogens with one attached hydrogen (secondary N) is 1. The number of rotatable bonds is 1. The summed E-state index contributed by atoms with van der Waals surface area (Å²) in [6, 6.07) is 14.4. The molecule has 0 aliphatic carbocycles. The van der Waals surface area contributed by atoms with Gasteiger partial charge >= 0.3 is 0 Å². The Bertz CT molecular complexity index is 668. The molecule has 1 heterocycles. The Hall–Kier alpha value is -1.87. The molecule has 0 saturated heterocycles. The van der Waals surface area contributed by atoms with Crippen molar-refractivity contribution in [3.63, 3.8) is 0 Å². The molecule has 0 spiro atoms. The molecule has 0 amide bonds. The van der Waals surface area contributed by atoms with Gasteiger partial charge in [0.1, 0.15) is 4.70 Å². The van der Waals surface area contributed by atoms with Gasteiger partial charge in [-0.25, -0.2) is 0 Å². The average Bonchev–Trinajstić information content (AvgIpc) is 2.72. The van der Waals surface area contributed by atoms with Gasteiger partial charge in [-0.3, -0.25) is 0 Å². The smallest absolute Gasteiger partial charge is 0.268 e. The number of anilines is 1. The first-order valence-electron chi connectivity index (χ1n) is 5.51. The van der Waals surface area contributed by atoms with Crippen molar-refractivity contribution in [2.75, 3.05) is 5.73 Å². The van der Waals surface area contributed by atoms with Crippen LogP contribution in [0.1, 0.15) is 5.56 Å². The van der Waals surface area contributed by atoms with E-state index in [-0.39, 0.29) is 0 Å². The van der Waals surface area contributed by atoms with Crippen molar-refractivity contribution in [2.24, 2.45) is 0 Å². The van der Waals surface area contributed by atoms with Gasteiger partial charge in [0.25, 0.3) is 5.01 Å². The summed E-state index contributed by atoms with van der Waals surface area (Å²) < 4.78 is 1.29. The molecule has 84 valence electrons. The highest BCUT2D eigenvalue weighted by Gasteiger charge is 2.12. The van der Waals surface area contributed by atoms with E-state index in [0.717, 1.165) is 5.69 Å². The quantitative estimate of drug-likeness (QED) is 0.653. The maximum atomic E-state index is 5.69. The van der Waals surface area contributed by atoms with Gasteiger partial charge in [-0.15, -0.1) is 0 Å². The number of hydrogen-bond acceptors (Lipinski definition) is 2.